The van der Waals surface area contributed by atoms with E-state index in [2.05, 4.69) is 59.9 Å². The van der Waals surface area contributed by atoms with E-state index in [4.69, 9.17) is 0 Å². The van der Waals surface area contributed by atoms with Crippen LogP contribution in [0.25, 0.3) is 11.3 Å². The number of aromatic nitrogens is 2. The number of hydrogen-bond donors (Lipinski definition) is 1. The molecule has 1 saturated carbocycles. The minimum Gasteiger partial charge on any atom is -0.340 e. The fourth-order valence-electron chi connectivity index (χ4n) is 3.95. The smallest absolute Gasteiger partial charge is 0.226 e. The van der Waals surface area contributed by atoms with E-state index in [9.17, 15) is 4.79 Å². The Bertz CT molecular complexity index is 775. The monoisotopic (exact) mass is 337 g/mol. The topological polar surface area (TPSA) is 49.0 Å². The molecule has 2 atom stereocenters. The molecule has 1 N–H and O–H groups in total. The second kappa shape index (κ2) is 6.01. The van der Waals surface area contributed by atoms with Crippen LogP contribution in [-0.4, -0.2) is 27.3 Å². The predicted molar refractivity (Wildman–Crippen MR) is 99.0 cm³/mol. The molecule has 2 heterocycles. The van der Waals surface area contributed by atoms with E-state index in [-0.39, 0.29) is 17.4 Å². The van der Waals surface area contributed by atoms with Crippen LogP contribution in [0.5, 0.6) is 0 Å². The van der Waals surface area contributed by atoms with Crippen molar-refractivity contribution in [3.63, 3.8) is 0 Å². The largest absolute Gasteiger partial charge is 0.340 e. The first kappa shape index (κ1) is 16.4. The highest BCUT2D eigenvalue weighted by molar-refractivity contribution is 5.83. The number of aromatic amines is 1. The van der Waals surface area contributed by atoms with Crippen LogP contribution < -0.4 is 0 Å². The number of nitrogens with one attached hydrogen (secondary N) is 1. The van der Waals surface area contributed by atoms with Crippen LogP contribution in [0.2, 0.25) is 0 Å². The minimum absolute atomic E-state index is 0.0943. The van der Waals surface area contributed by atoms with Crippen molar-refractivity contribution in [3.8, 4) is 11.3 Å². The Labute approximate surface area is 149 Å². The van der Waals surface area contributed by atoms with Crippen molar-refractivity contribution >= 4 is 5.91 Å². The Morgan fingerprint density at radius 1 is 1.24 bits per heavy atom. The molecule has 1 aromatic heterocycles. The molecule has 25 heavy (non-hydrogen) atoms. The quantitative estimate of drug-likeness (QED) is 0.897. The van der Waals surface area contributed by atoms with Crippen LogP contribution >= 0.6 is 0 Å². The van der Waals surface area contributed by atoms with Crippen LogP contribution in [0.1, 0.15) is 57.0 Å². The summed E-state index contributed by atoms with van der Waals surface area (Å²) in [5.41, 5.74) is 3.59. The summed E-state index contributed by atoms with van der Waals surface area (Å²) in [6.45, 7) is 7.33. The third-order valence-corrected chi connectivity index (χ3v) is 5.87. The standard InChI is InChI=1S/C21H27N3O/c1-14-7-9-15(10-8-14)17-13-22-19(23-17)18-6-4-5-11-24(18)20(25)16-12-21(16,2)3/h7-10,13,16,18H,4-6,11-12H2,1-3H3,(H,22,23). The molecule has 1 aliphatic carbocycles. The number of piperidine rings is 1. The summed E-state index contributed by atoms with van der Waals surface area (Å²) in [4.78, 5) is 23.2. The molecule has 0 spiro atoms. The van der Waals surface area contributed by atoms with E-state index in [0.29, 0.717) is 5.91 Å². The van der Waals surface area contributed by atoms with Crippen molar-refractivity contribution in [2.45, 2.75) is 52.5 Å². The van der Waals surface area contributed by atoms with Gasteiger partial charge in [-0.3, -0.25) is 4.79 Å². The lowest BCUT2D eigenvalue weighted by Crippen LogP contribution is -2.40. The average Bonchev–Trinajstić information content (AvgIpc) is 3.03. The molecule has 2 aromatic rings. The molecule has 2 unspecified atom stereocenters. The van der Waals surface area contributed by atoms with Crippen molar-refractivity contribution in [2.75, 3.05) is 6.54 Å². The normalized spacial score (nSPS) is 25.0. The Hall–Kier alpha value is -2.10. The number of carbonyl (C=O) groups is 1. The van der Waals surface area contributed by atoms with Crippen molar-refractivity contribution in [3.05, 3.63) is 41.9 Å². The zero-order chi connectivity index (χ0) is 17.6. The van der Waals surface area contributed by atoms with Gasteiger partial charge in [-0.15, -0.1) is 0 Å². The first-order valence-electron chi connectivity index (χ1n) is 9.38. The molecule has 2 aliphatic rings. The summed E-state index contributed by atoms with van der Waals surface area (Å²) < 4.78 is 0. The van der Waals surface area contributed by atoms with Gasteiger partial charge in [-0.2, -0.15) is 0 Å². The lowest BCUT2D eigenvalue weighted by molar-refractivity contribution is -0.137. The number of rotatable bonds is 3. The zero-order valence-electron chi connectivity index (χ0n) is 15.4. The summed E-state index contributed by atoms with van der Waals surface area (Å²) in [5.74, 6) is 1.45. The zero-order valence-corrected chi connectivity index (χ0v) is 15.4. The summed E-state index contributed by atoms with van der Waals surface area (Å²) in [5, 5.41) is 0. The lowest BCUT2D eigenvalue weighted by Gasteiger charge is -2.35. The van der Waals surface area contributed by atoms with E-state index in [0.717, 1.165) is 49.3 Å². The molecule has 4 nitrogen and oxygen atoms in total. The average molecular weight is 337 g/mol. The summed E-state index contributed by atoms with van der Waals surface area (Å²) in [6.07, 6.45) is 6.17. The number of carbonyl (C=O) groups excluding carboxylic acids is 1. The summed E-state index contributed by atoms with van der Waals surface area (Å²) in [6, 6.07) is 8.55. The lowest BCUT2D eigenvalue weighted by atomic mass is 9.99. The summed E-state index contributed by atoms with van der Waals surface area (Å²) >= 11 is 0. The van der Waals surface area contributed by atoms with E-state index in [1.165, 1.54) is 5.56 Å². The second-order valence-electron chi connectivity index (χ2n) is 8.34. The maximum Gasteiger partial charge on any atom is 0.226 e. The van der Waals surface area contributed by atoms with Crippen molar-refractivity contribution in [1.82, 2.24) is 14.9 Å². The van der Waals surface area contributed by atoms with Crippen molar-refractivity contribution < 1.29 is 4.79 Å². The highest BCUT2D eigenvalue weighted by Gasteiger charge is 2.53. The van der Waals surface area contributed by atoms with E-state index < -0.39 is 0 Å². The molecule has 1 amide bonds. The molecule has 4 rings (SSSR count). The highest BCUT2D eigenvalue weighted by atomic mass is 16.2. The molecule has 4 heteroatoms. The molecule has 0 bridgehead atoms. The number of benzene rings is 1. The van der Waals surface area contributed by atoms with Gasteiger partial charge in [-0.25, -0.2) is 4.98 Å². The van der Waals surface area contributed by atoms with E-state index in [1.54, 1.807) is 0 Å². The van der Waals surface area contributed by atoms with Gasteiger partial charge in [0.05, 0.1) is 17.9 Å². The Kier molecular flexibility index (Phi) is 3.94. The Morgan fingerprint density at radius 3 is 2.64 bits per heavy atom. The van der Waals surface area contributed by atoms with Crippen molar-refractivity contribution in [1.29, 1.82) is 0 Å². The second-order valence-corrected chi connectivity index (χ2v) is 8.34. The third-order valence-electron chi connectivity index (χ3n) is 5.87. The third kappa shape index (κ3) is 3.10. The summed E-state index contributed by atoms with van der Waals surface area (Å²) in [7, 11) is 0. The van der Waals surface area contributed by atoms with Gasteiger partial charge in [-0.1, -0.05) is 43.7 Å². The number of amides is 1. The Morgan fingerprint density at radius 2 is 1.96 bits per heavy atom. The number of imidazole rings is 1. The molecule has 1 aromatic carbocycles. The van der Waals surface area contributed by atoms with Gasteiger partial charge < -0.3 is 9.88 Å². The van der Waals surface area contributed by atoms with Crippen LogP contribution in [0.3, 0.4) is 0 Å². The van der Waals surface area contributed by atoms with Gasteiger partial charge >= 0.3 is 0 Å². The van der Waals surface area contributed by atoms with Crippen LogP contribution in [-0.2, 0) is 4.79 Å². The molecule has 1 aliphatic heterocycles. The molecule has 0 radical (unpaired) electrons. The molecular formula is C21H27N3O. The van der Waals surface area contributed by atoms with E-state index >= 15 is 0 Å². The fraction of sp³-hybridized carbons (Fsp3) is 0.524. The predicted octanol–water partition coefficient (Wildman–Crippen LogP) is 4.48. The molecular weight excluding hydrogens is 310 g/mol. The first-order valence-corrected chi connectivity index (χ1v) is 9.38. The molecule has 2 fully saturated rings. The van der Waals surface area contributed by atoms with Gasteiger partial charge in [0.15, 0.2) is 0 Å². The molecule has 132 valence electrons. The van der Waals surface area contributed by atoms with E-state index in [1.807, 2.05) is 6.20 Å². The Balaban J connectivity index is 1.57. The maximum absolute atomic E-state index is 13.0. The number of H-pyrrole nitrogens is 1. The minimum atomic E-state index is 0.0943. The number of aryl methyl sites for hydroxylation is 1. The maximum atomic E-state index is 13.0. The van der Waals surface area contributed by atoms with Crippen LogP contribution in [0.15, 0.2) is 30.5 Å². The van der Waals surface area contributed by atoms with Gasteiger partial charge in [0.1, 0.15) is 5.82 Å². The van der Waals surface area contributed by atoms with Crippen LogP contribution in [0.4, 0.5) is 0 Å². The number of likely N-dealkylation sites (tertiary alicyclic amines) is 1. The van der Waals surface area contributed by atoms with Gasteiger partial charge in [0.2, 0.25) is 5.91 Å². The fourth-order valence-corrected chi connectivity index (χ4v) is 3.95. The van der Waals surface area contributed by atoms with Gasteiger partial charge in [0, 0.05) is 12.5 Å². The van der Waals surface area contributed by atoms with Crippen LogP contribution in [0, 0.1) is 18.3 Å². The van der Waals surface area contributed by atoms with Gasteiger partial charge in [-0.05, 0) is 43.6 Å². The van der Waals surface area contributed by atoms with Crippen molar-refractivity contribution in [2.24, 2.45) is 11.3 Å². The first-order chi connectivity index (χ1) is 12.0. The van der Waals surface area contributed by atoms with Gasteiger partial charge in [0.25, 0.3) is 0 Å². The number of nitrogens with zero attached hydrogens (tertiary/aromatic N) is 2. The number of hydrogen-bond acceptors (Lipinski definition) is 2. The molecule has 1 saturated heterocycles. The highest BCUT2D eigenvalue weighted by Crippen LogP contribution is 2.53. The SMILES string of the molecule is Cc1ccc(-c2cnc(C3CCCCN3C(=O)C3CC3(C)C)[nH]2)cc1.